The summed E-state index contributed by atoms with van der Waals surface area (Å²) in [4.78, 5) is 2.65. The zero-order valence-electron chi connectivity index (χ0n) is 11.5. The van der Waals surface area contributed by atoms with E-state index in [4.69, 9.17) is 0 Å². The highest BCUT2D eigenvalue weighted by Gasteiger charge is 2.27. The lowest BCUT2D eigenvalue weighted by atomic mass is 9.92. The Labute approximate surface area is 106 Å². The molecule has 1 heterocycles. The fourth-order valence-corrected chi connectivity index (χ4v) is 3.55. The number of rotatable bonds is 5. The summed E-state index contributed by atoms with van der Waals surface area (Å²) in [7, 11) is 2.15. The fourth-order valence-electron chi connectivity index (χ4n) is 3.55. The van der Waals surface area contributed by atoms with E-state index in [1.54, 1.807) is 0 Å². The maximum atomic E-state index is 3.57. The number of hydrogen-bond donors (Lipinski definition) is 2. The summed E-state index contributed by atoms with van der Waals surface area (Å²) in [5.74, 6) is 0.936. The minimum atomic E-state index is 0.732. The molecular formula is C14H29N3. The van der Waals surface area contributed by atoms with Crippen molar-refractivity contribution < 1.29 is 0 Å². The van der Waals surface area contributed by atoms with Gasteiger partial charge in [0.25, 0.3) is 0 Å². The second-order valence-corrected chi connectivity index (χ2v) is 5.81. The van der Waals surface area contributed by atoms with Crippen LogP contribution >= 0.6 is 0 Å². The molecule has 0 radical (unpaired) electrons. The summed E-state index contributed by atoms with van der Waals surface area (Å²) in [5, 5.41) is 7.01. The topological polar surface area (TPSA) is 27.3 Å². The van der Waals surface area contributed by atoms with E-state index in [0.29, 0.717) is 0 Å². The molecule has 2 N–H and O–H groups in total. The van der Waals surface area contributed by atoms with E-state index in [1.807, 2.05) is 0 Å². The Morgan fingerprint density at radius 2 is 1.88 bits per heavy atom. The van der Waals surface area contributed by atoms with E-state index in [9.17, 15) is 0 Å². The lowest BCUT2D eigenvalue weighted by Gasteiger charge is -2.36. The summed E-state index contributed by atoms with van der Waals surface area (Å²) in [5.41, 5.74) is 0. The van der Waals surface area contributed by atoms with E-state index in [2.05, 4.69) is 29.5 Å². The molecular weight excluding hydrogens is 210 g/mol. The average Bonchev–Trinajstić information content (AvgIpc) is 2.90. The van der Waals surface area contributed by atoms with Crippen LogP contribution in [-0.2, 0) is 0 Å². The molecule has 0 aromatic heterocycles. The number of hydrogen-bond acceptors (Lipinski definition) is 3. The van der Waals surface area contributed by atoms with Crippen molar-refractivity contribution in [2.24, 2.45) is 5.92 Å². The van der Waals surface area contributed by atoms with Crippen molar-refractivity contribution in [3.05, 3.63) is 0 Å². The highest BCUT2D eigenvalue weighted by molar-refractivity contribution is 4.84. The molecule has 2 fully saturated rings. The number of piperazine rings is 1. The summed E-state index contributed by atoms with van der Waals surface area (Å²) >= 11 is 0. The normalized spacial score (nSPS) is 27.2. The van der Waals surface area contributed by atoms with E-state index in [-0.39, 0.29) is 0 Å². The fraction of sp³-hybridized carbons (Fsp3) is 1.00. The van der Waals surface area contributed by atoms with Crippen LogP contribution in [0.15, 0.2) is 0 Å². The second-order valence-electron chi connectivity index (χ2n) is 5.81. The molecule has 2 unspecified atom stereocenters. The maximum absolute atomic E-state index is 3.57. The van der Waals surface area contributed by atoms with Gasteiger partial charge < -0.3 is 10.6 Å². The minimum Gasteiger partial charge on any atom is -0.317 e. The maximum Gasteiger partial charge on any atom is 0.0110 e. The summed E-state index contributed by atoms with van der Waals surface area (Å²) < 4.78 is 0. The molecule has 1 aliphatic carbocycles. The van der Waals surface area contributed by atoms with Crippen molar-refractivity contribution >= 4 is 0 Å². The van der Waals surface area contributed by atoms with Gasteiger partial charge in [-0.25, -0.2) is 0 Å². The van der Waals surface area contributed by atoms with E-state index in [1.165, 1.54) is 45.2 Å². The molecule has 3 heteroatoms. The van der Waals surface area contributed by atoms with Crippen LogP contribution in [0.1, 0.15) is 39.0 Å². The molecule has 100 valence electrons. The Hall–Kier alpha value is -0.120. The van der Waals surface area contributed by atoms with Gasteiger partial charge in [0.05, 0.1) is 0 Å². The highest BCUT2D eigenvalue weighted by Crippen LogP contribution is 2.29. The molecule has 17 heavy (non-hydrogen) atoms. The van der Waals surface area contributed by atoms with Crippen LogP contribution < -0.4 is 10.6 Å². The molecule has 0 spiro atoms. The first-order valence-corrected chi connectivity index (χ1v) is 7.43. The van der Waals surface area contributed by atoms with Crippen LogP contribution in [0.4, 0.5) is 0 Å². The molecule has 2 aliphatic rings. The predicted molar refractivity (Wildman–Crippen MR) is 73.3 cm³/mol. The Morgan fingerprint density at radius 3 is 2.47 bits per heavy atom. The molecule has 3 nitrogen and oxygen atoms in total. The molecule has 1 saturated carbocycles. The van der Waals surface area contributed by atoms with Crippen molar-refractivity contribution in [1.29, 1.82) is 0 Å². The molecule has 0 aromatic carbocycles. The SMILES string of the molecule is CNC(CC(C)N1CCNCC1)C1CCCC1. The van der Waals surface area contributed by atoms with Crippen LogP contribution in [0.5, 0.6) is 0 Å². The van der Waals surface area contributed by atoms with Crippen molar-refractivity contribution in [1.82, 2.24) is 15.5 Å². The standard InChI is InChI=1S/C14H29N3/c1-12(17-9-7-16-8-10-17)11-14(15-2)13-5-3-4-6-13/h12-16H,3-11H2,1-2H3. The molecule has 1 aliphatic heterocycles. The molecule has 0 bridgehead atoms. The van der Waals surface area contributed by atoms with E-state index < -0.39 is 0 Å². The van der Waals surface area contributed by atoms with Gasteiger partial charge in [-0.05, 0) is 39.2 Å². The van der Waals surface area contributed by atoms with Crippen LogP contribution in [0.3, 0.4) is 0 Å². The average molecular weight is 239 g/mol. The van der Waals surface area contributed by atoms with Gasteiger partial charge in [0.1, 0.15) is 0 Å². The largest absolute Gasteiger partial charge is 0.317 e. The van der Waals surface area contributed by atoms with Crippen LogP contribution in [0, 0.1) is 5.92 Å². The Morgan fingerprint density at radius 1 is 1.24 bits per heavy atom. The lowest BCUT2D eigenvalue weighted by Crippen LogP contribution is -2.49. The summed E-state index contributed by atoms with van der Waals surface area (Å²) in [6, 6.07) is 1.47. The summed E-state index contributed by atoms with van der Waals surface area (Å²) in [6.07, 6.45) is 7.11. The van der Waals surface area contributed by atoms with Gasteiger partial charge in [-0.15, -0.1) is 0 Å². The van der Waals surface area contributed by atoms with Crippen molar-refractivity contribution in [2.45, 2.75) is 51.1 Å². The van der Waals surface area contributed by atoms with Crippen molar-refractivity contribution in [3.63, 3.8) is 0 Å². The van der Waals surface area contributed by atoms with Gasteiger partial charge in [0.2, 0.25) is 0 Å². The van der Waals surface area contributed by atoms with Gasteiger partial charge in [-0.1, -0.05) is 12.8 Å². The third kappa shape index (κ3) is 3.67. The van der Waals surface area contributed by atoms with Crippen molar-refractivity contribution in [3.8, 4) is 0 Å². The first-order valence-electron chi connectivity index (χ1n) is 7.43. The quantitative estimate of drug-likeness (QED) is 0.760. The van der Waals surface area contributed by atoms with Crippen LogP contribution in [0.2, 0.25) is 0 Å². The molecule has 0 aromatic rings. The van der Waals surface area contributed by atoms with E-state index >= 15 is 0 Å². The third-order valence-electron chi connectivity index (χ3n) is 4.71. The van der Waals surface area contributed by atoms with Gasteiger partial charge in [-0.3, -0.25) is 4.90 Å². The highest BCUT2D eigenvalue weighted by atomic mass is 15.2. The molecule has 0 amide bonds. The third-order valence-corrected chi connectivity index (χ3v) is 4.71. The van der Waals surface area contributed by atoms with E-state index in [0.717, 1.165) is 31.1 Å². The van der Waals surface area contributed by atoms with Gasteiger partial charge >= 0.3 is 0 Å². The summed E-state index contributed by atoms with van der Waals surface area (Å²) in [6.45, 7) is 7.19. The van der Waals surface area contributed by atoms with Gasteiger partial charge in [0, 0.05) is 38.3 Å². The zero-order chi connectivity index (χ0) is 12.1. The smallest absolute Gasteiger partial charge is 0.0110 e. The number of nitrogens with zero attached hydrogens (tertiary/aromatic N) is 1. The zero-order valence-corrected chi connectivity index (χ0v) is 11.5. The molecule has 1 saturated heterocycles. The second kappa shape index (κ2) is 6.72. The van der Waals surface area contributed by atoms with Gasteiger partial charge in [0.15, 0.2) is 0 Å². The molecule has 2 rings (SSSR count). The first-order chi connectivity index (χ1) is 8.31. The first kappa shape index (κ1) is 13.3. The predicted octanol–water partition coefficient (Wildman–Crippen LogP) is 1.45. The lowest BCUT2D eigenvalue weighted by molar-refractivity contribution is 0.156. The number of nitrogens with one attached hydrogen (secondary N) is 2. The molecule has 2 atom stereocenters. The Bertz CT molecular complexity index is 208. The Balaban J connectivity index is 1.79. The Kier molecular flexibility index (Phi) is 5.26. The van der Waals surface area contributed by atoms with Gasteiger partial charge in [-0.2, -0.15) is 0 Å². The monoisotopic (exact) mass is 239 g/mol. The minimum absolute atomic E-state index is 0.732. The van der Waals surface area contributed by atoms with Crippen molar-refractivity contribution in [2.75, 3.05) is 33.2 Å². The van der Waals surface area contributed by atoms with Crippen LogP contribution in [0.25, 0.3) is 0 Å². The van der Waals surface area contributed by atoms with Crippen LogP contribution in [-0.4, -0.2) is 50.2 Å².